The van der Waals surface area contributed by atoms with Crippen LogP contribution in [0.5, 0.6) is 0 Å². The van der Waals surface area contributed by atoms with Crippen LogP contribution in [0, 0.1) is 0 Å². The smallest absolute Gasteiger partial charge is 0.124 e. The third-order valence-electron chi connectivity index (χ3n) is 9.02. The van der Waals surface area contributed by atoms with Crippen molar-refractivity contribution in [3.05, 3.63) is 170 Å². The highest BCUT2D eigenvalue weighted by Gasteiger charge is 2.17. The van der Waals surface area contributed by atoms with Gasteiger partial charge in [0, 0.05) is 23.5 Å². The van der Waals surface area contributed by atoms with Gasteiger partial charge in [-0.2, -0.15) is 0 Å². The molecule has 9 aromatic rings. The Morgan fingerprint density at radius 2 is 0.979 bits per heavy atom. The van der Waals surface area contributed by atoms with Gasteiger partial charge in [-0.15, -0.1) is 11.3 Å². The third kappa shape index (κ3) is 4.98. The maximum atomic E-state index is 5.32. The molecule has 0 aliphatic heterocycles. The quantitative estimate of drug-likeness (QED) is 0.192. The van der Waals surface area contributed by atoms with E-state index < -0.39 is 0 Å². The van der Waals surface area contributed by atoms with Crippen LogP contribution in [0.4, 0.5) is 0 Å². The number of thiazole rings is 1. The van der Waals surface area contributed by atoms with E-state index in [1.807, 2.05) is 12.3 Å². The molecule has 2 aromatic heterocycles. The topological polar surface area (TPSA) is 25.8 Å². The normalized spacial score (nSPS) is 11.4. The Labute approximate surface area is 277 Å². The average Bonchev–Trinajstić information content (AvgIpc) is 3.59. The molecular formula is C44H28N2S. The minimum absolute atomic E-state index is 1.02. The van der Waals surface area contributed by atoms with E-state index in [0.717, 1.165) is 32.8 Å². The second-order valence-electron chi connectivity index (χ2n) is 11.8. The summed E-state index contributed by atoms with van der Waals surface area (Å²) in [5, 5.41) is 5.99. The molecule has 0 bridgehead atoms. The summed E-state index contributed by atoms with van der Waals surface area (Å²) in [7, 11) is 0. The highest BCUT2D eigenvalue weighted by Crippen LogP contribution is 2.42. The predicted molar refractivity (Wildman–Crippen MR) is 200 cm³/mol. The molecule has 0 aliphatic carbocycles. The fourth-order valence-electron chi connectivity index (χ4n) is 6.65. The van der Waals surface area contributed by atoms with Crippen molar-refractivity contribution in [2.24, 2.45) is 0 Å². The number of hydrogen-bond acceptors (Lipinski definition) is 3. The van der Waals surface area contributed by atoms with Gasteiger partial charge in [-0.25, -0.2) is 4.98 Å². The fourth-order valence-corrected chi connectivity index (χ4v) is 7.68. The molecular weight excluding hydrogens is 589 g/mol. The highest BCUT2D eigenvalue weighted by molar-refractivity contribution is 7.21. The van der Waals surface area contributed by atoms with Crippen LogP contribution in [0.2, 0.25) is 0 Å². The lowest BCUT2D eigenvalue weighted by Gasteiger charge is -2.12. The Morgan fingerprint density at radius 1 is 0.404 bits per heavy atom. The lowest BCUT2D eigenvalue weighted by atomic mass is 9.92. The first-order chi connectivity index (χ1) is 23.3. The summed E-state index contributed by atoms with van der Waals surface area (Å²) in [4.78, 5) is 9.58. The molecule has 0 fully saturated rings. The molecule has 47 heavy (non-hydrogen) atoms. The Balaban J connectivity index is 1.16. The SMILES string of the molecule is c1cncc(-c2ccc(-c3ccc(-c4nc5c(-c6cccc7ccccc67)cc(-c6cccc7ccccc67)cc5s4)cc3)cc2)c1. The Kier molecular flexibility index (Phi) is 6.69. The molecule has 0 radical (unpaired) electrons. The average molecular weight is 617 g/mol. The third-order valence-corrected chi connectivity index (χ3v) is 10.1. The van der Waals surface area contributed by atoms with E-state index in [-0.39, 0.29) is 0 Å². The van der Waals surface area contributed by atoms with Crippen LogP contribution < -0.4 is 0 Å². The molecule has 3 heteroatoms. The van der Waals surface area contributed by atoms with E-state index in [9.17, 15) is 0 Å². The van der Waals surface area contributed by atoms with Crippen molar-refractivity contribution in [3.63, 3.8) is 0 Å². The summed E-state index contributed by atoms with van der Waals surface area (Å²) in [5.41, 5.74) is 11.6. The van der Waals surface area contributed by atoms with Crippen molar-refractivity contribution in [1.29, 1.82) is 0 Å². The number of pyridine rings is 1. The van der Waals surface area contributed by atoms with Gasteiger partial charge >= 0.3 is 0 Å². The molecule has 0 unspecified atom stereocenters. The lowest BCUT2D eigenvalue weighted by molar-refractivity contribution is 1.33. The van der Waals surface area contributed by atoms with Crippen molar-refractivity contribution < 1.29 is 0 Å². The van der Waals surface area contributed by atoms with Gasteiger partial charge in [-0.3, -0.25) is 4.98 Å². The van der Waals surface area contributed by atoms with E-state index in [1.165, 1.54) is 54.1 Å². The van der Waals surface area contributed by atoms with Gasteiger partial charge < -0.3 is 0 Å². The number of hydrogen-bond donors (Lipinski definition) is 0. The number of rotatable bonds is 5. The van der Waals surface area contributed by atoms with Crippen molar-refractivity contribution in [3.8, 4) is 55.1 Å². The maximum absolute atomic E-state index is 5.32. The fraction of sp³-hybridized carbons (Fsp3) is 0. The van der Waals surface area contributed by atoms with Crippen LogP contribution in [-0.2, 0) is 0 Å². The van der Waals surface area contributed by atoms with Gasteiger partial charge in [0.1, 0.15) is 5.01 Å². The first kappa shape index (κ1) is 27.4. The van der Waals surface area contributed by atoms with Crippen LogP contribution in [0.25, 0.3) is 86.8 Å². The van der Waals surface area contributed by atoms with E-state index in [0.29, 0.717) is 0 Å². The maximum Gasteiger partial charge on any atom is 0.124 e. The van der Waals surface area contributed by atoms with E-state index in [1.54, 1.807) is 17.5 Å². The lowest BCUT2D eigenvalue weighted by Crippen LogP contribution is -1.87. The summed E-state index contributed by atoms with van der Waals surface area (Å²) in [6, 6.07) is 56.6. The second kappa shape index (κ2) is 11.5. The van der Waals surface area contributed by atoms with Gasteiger partial charge in [0.2, 0.25) is 0 Å². The molecule has 0 amide bonds. The highest BCUT2D eigenvalue weighted by atomic mass is 32.1. The van der Waals surface area contributed by atoms with Gasteiger partial charge in [0.05, 0.1) is 10.2 Å². The monoisotopic (exact) mass is 616 g/mol. The summed E-state index contributed by atoms with van der Waals surface area (Å²) in [6.07, 6.45) is 3.71. The molecule has 0 saturated carbocycles. The van der Waals surface area contributed by atoms with Gasteiger partial charge in [0.25, 0.3) is 0 Å². The zero-order valence-corrected chi connectivity index (χ0v) is 26.3. The summed E-state index contributed by atoms with van der Waals surface area (Å²) in [6.45, 7) is 0. The minimum Gasteiger partial charge on any atom is -0.264 e. The van der Waals surface area contributed by atoms with E-state index in [2.05, 4.69) is 157 Å². The number of fused-ring (bicyclic) bond motifs is 3. The molecule has 0 saturated heterocycles. The first-order valence-electron chi connectivity index (χ1n) is 15.8. The van der Waals surface area contributed by atoms with Crippen LogP contribution in [0.1, 0.15) is 0 Å². The van der Waals surface area contributed by atoms with Gasteiger partial charge in [0.15, 0.2) is 0 Å². The number of benzene rings is 7. The van der Waals surface area contributed by atoms with E-state index in [4.69, 9.17) is 4.98 Å². The second-order valence-corrected chi connectivity index (χ2v) is 12.9. The molecule has 0 atom stereocenters. The largest absolute Gasteiger partial charge is 0.264 e. The Hall–Kier alpha value is -5.90. The zero-order valence-electron chi connectivity index (χ0n) is 25.5. The Bertz CT molecular complexity index is 2540. The van der Waals surface area contributed by atoms with Crippen LogP contribution in [0.3, 0.4) is 0 Å². The summed E-state index contributed by atoms with van der Waals surface area (Å²) < 4.78 is 1.18. The molecule has 220 valence electrons. The predicted octanol–water partition coefficient (Wildman–Crippen LogP) is 12.3. The zero-order chi connectivity index (χ0) is 31.2. The number of aromatic nitrogens is 2. The van der Waals surface area contributed by atoms with Gasteiger partial charge in [-0.1, -0.05) is 140 Å². The Morgan fingerprint density at radius 3 is 1.64 bits per heavy atom. The molecule has 7 aromatic carbocycles. The molecule has 9 rings (SSSR count). The van der Waals surface area contributed by atoms with Crippen molar-refractivity contribution in [1.82, 2.24) is 9.97 Å². The standard InChI is InChI=1S/C44H28N2S/c1-3-13-37-32(8-1)10-5-15-39(37)36-26-41(40-16-6-11-33-9-2-4-14-38(33)40)43-42(27-36)47-44(46-43)34-23-21-30(22-24-34)29-17-19-31(20-18-29)35-12-7-25-45-28-35/h1-28H. The number of nitrogens with zero attached hydrogens (tertiary/aromatic N) is 2. The van der Waals surface area contributed by atoms with Crippen molar-refractivity contribution in [2.75, 3.05) is 0 Å². The minimum atomic E-state index is 1.02. The van der Waals surface area contributed by atoms with Crippen LogP contribution in [-0.4, -0.2) is 9.97 Å². The molecule has 0 spiro atoms. The molecule has 2 nitrogen and oxygen atoms in total. The van der Waals surface area contributed by atoms with Gasteiger partial charge in [-0.05, 0) is 78.7 Å². The van der Waals surface area contributed by atoms with Crippen molar-refractivity contribution in [2.45, 2.75) is 0 Å². The molecule has 2 heterocycles. The van der Waals surface area contributed by atoms with E-state index >= 15 is 0 Å². The first-order valence-corrected chi connectivity index (χ1v) is 16.6. The van der Waals surface area contributed by atoms with Crippen LogP contribution in [0.15, 0.2) is 170 Å². The molecule has 0 aliphatic rings. The van der Waals surface area contributed by atoms with Crippen molar-refractivity contribution >= 4 is 43.1 Å². The van der Waals surface area contributed by atoms with Crippen LogP contribution >= 0.6 is 11.3 Å². The summed E-state index contributed by atoms with van der Waals surface area (Å²) in [5.74, 6) is 0. The molecule has 0 N–H and O–H groups in total. The summed E-state index contributed by atoms with van der Waals surface area (Å²) >= 11 is 1.76.